The van der Waals surface area contributed by atoms with Crippen molar-refractivity contribution in [3.8, 4) is 0 Å². The van der Waals surface area contributed by atoms with Crippen LogP contribution in [0.15, 0.2) is 21.7 Å². The lowest BCUT2D eigenvalue weighted by molar-refractivity contribution is 0.259. The van der Waals surface area contributed by atoms with E-state index in [9.17, 15) is 0 Å². The van der Waals surface area contributed by atoms with Gasteiger partial charge in [-0.1, -0.05) is 17.3 Å². The van der Waals surface area contributed by atoms with Crippen LogP contribution in [0.25, 0.3) is 0 Å². The summed E-state index contributed by atoms with van der Waals surface area (Å²) in [5.41, 5.74) is 0. The molecule has 7 nitrogen and oxygen atoms in total. The number of aliphatic imine (C=N–C) groups is 1. The first kappa shape index (κ1) is 18.2. The van der Waals surface area contributed by atoms with Crippen molar-refractivity contribution in [2.75, 3.05) is 32.7 Å². The lowest BCUT2D eigenvalue weighted by Crippen LogP contribution is -2.42. The topological polar surface area (TPSA) is 69.8 Å². The highest BCUT2D eigenvalue weighted by molar-refractivity contribution is 14.0. The van der Waals surface area contributed by atoms with Gasteiger partial charge in [-0.25, -0.2) is 4.99 Å². The first-order valence-electron chi connectivity index (χ1n) is 7.97. The van der Waals surface area contributed by atoms with Gasteiger partial charge in [-0.3, -0.25) is 4.90 Å². The fourth-order valence-corrected chi connectivity index (χ4v) is 3.00. The molecule has 1 aromatic rings. The van der Waals surface area contributed by atoms with Gasteiger partial charge < -0.3 is 14.7 Å². The van der Waals surface area contributed by atoms with Gasteiger partial charge in [0.15, 0.2) is 11.8 Å². The van der Waals surface area contributed by atoms with Crippen molar-refractivity contribution < 1.29 is 4.52 Å². The average molecular weight is 432 g/mol. The van der Waals surface area contributed by atoms with E-state index in [-0.39, 0.29) is 24.0 Å². The van der Waals surface area contributed by atoms with E-state index in [0.29, 0.717) is 24.3 Å². The Kier molecular flexibility index (Phi) is 6.82. The summed E-state index contributed by atoms with van der Waals surface area (Å²) in [6, 6.07) is 0.617. The molecule has 1 fully saturated rings. The predicted molar refractivity (Wildman–Crippen MR) is 100.0 cm³/mol. The fourth-order valence-electron chi connectivity index (χ4n) is 3.00. The Morgan fingerprint density at radius 3 is 2.87 bits per heavy atom. The smallest absolute Gasteiger partial charge is 0.223 e. The van der Waals surface area contributed by atoms with Crippen LogP contribution < -0.4 is 5.32 Å². The maximum Gasteiger partial charge on any atom is 0.223 e. The zero-order valence-electron chi connectivity index (χ0n) is 13.7. The third kappa shape index (κ3) is 4.66. The van der Waals surface area contributed by atoms with E-state index in [2.05, 4.69) is 49.3 Å². The van der Waals surface area contributed by atoms with E-state index in [1.165, 1.54) is 6.42 Å². The Labute approximate surface area is 154 Å². The summed E-state index contributed by atoms with van der Waals surface area (Å²) in [5.74, 6) is 2.16. The van der Waals surface area contributed by atoms with Crippen molar-refractivity contribution in [1.29, 1.82) is 0 Å². The van der Waals surface area contributed by atoms with Gasteiger partial charge >= 0.3 is 0 Å². The number of guanidine groups is 1. The highest BCUT2D eigenvalue weighted by atomic mass is 127. The van der Waals surface area contributed by atoms with Crippen molar-refractivity contribution in [2.45, 2.75) is 32.9 Å². The highest BCUT2D eigenvalue weighted by Gasteiger charge is 2.29. The van der Waals surface area contributed by atoms with Crippen LogP contribution in [0.3, 0.4) is 0 Å². The maximum absolute atomic E-state index is 4.99. The molecule has 0 spiro atoms. The maximum atomic E-state index is 4.99. The van der Waals surface area contributed by atoms with Crippen LogP contribution in [-0.2, 0) is 6.54 Å². The van der Waals surface area contributed by atoms with E-state index in [4.69, 9.17) is 4.52 Å². The van der Waals surface area contributed by atoms with E-state index in [1.54, 1.807) is 6.92 Å². The van der Waals surface area contributed by atoms with Crippen molar-refractivity contribution in [3.63, 3.8) is 0 Å². The molecule has 1 aromatic heterocycles. The number of aryl methyl sites for hydroxylation is 1. The van der Waals surface area contributed by atoms with E-state index in [0.717, 1.165) is 38.7 Å². The van der Waals surface area contributed by atoms with Crippen molar-refractivity contribution >= 4 is 29.9 Å². The number of halogens is 1. The molecule has 23 heavy (non-hydrogen) atoms. The zero-order chi connectivity index (χ0) is 15.4. The van der Waals surface area contributed by atoms with Gasteiger partial charge in [0, 0.05) is 45.7 Å². The Morgan fingerprint density at radius 2 is 2.22 bits per heavy atom. The van der Waals surface area contributed by atoms with Gasteiger partial charge in [0.2, 0.25) is 5.89 Å². The molecule has 0 saturated carbocycles. The third-order valence-electron chi connectivity index (χ3n) is 4.10. The second-order valence-corrected chi connectivity index (χ2v) is 5.71. The summed E-state index contributed by atoms with van der Waals surface area (Å²) in [4.78, 5) is 13.7. The van der Waals surface area contributed by atoms with Crippen LogP contribution in [0.4, 0.5) is 0 Å². The molecule has 1 saturated heterocycles. The minimum atomic E-state index is 0. The van der Waals surface area contributed by atoms with Crippen LogP contribution in [0.1, 0.15) is 25.1 Å². The molecule has 0 aliphatic carbocycles. The number of likely N-dealkylation sites (tertiary alicyclic amines) is 1. The molecular formula is C15H25IN6O. The fraction of sp³-hybridized carbons (Fsp3) is 0.667. The summed E-state index contributed by atoms with van der Waals surface area (Å²) in [7, 11) is 0. The molecule has 0 bridgehead atoms. The second-order valence-electron chi connectivity index (χ2n) is 5.71. The quantitative estimate of drug-likeness (QED) is 0.336. The number of hydrogen-bond acceptors (Lipinski definition) is 5. The standard InChI is InChI=1S/C15H24N6O.HI/c1-3-16-15(17-10-14-18-12(2)22-19-14)21-9-6-13(11-21)20-7-4-5-8-20;/h4-5,13H,3,6-11H2,1-2H3,(H,16,17);1H. The Bertz CT molecular complexity index is 550. The third-order valence-corrected chi connectivity index (χ3v) is 4.10. The van der Waals surface area contributed by atoms with Crippen molar-refractivity contribution in [2.24, 2.45) is 4.99 Å². The van der Waals surface area contributed by atoms with Crippen LogP contribution in [0, 0.1) is 6.92 Å². The molecular weight excluding hydrogens is 407 g/mol. The van der Waals surface area contributed by atoms with E-state index >= 15 is 0 Å². The molecule has 2 aliphatic rings. The van der Waals surface area contributed by atoms with Crippen LogP contribution in [0.2, 0.25) is 0 Å². The molecule has 3 heterocycles. The average Bonchev–Trinajstić information content (AvgIpc) is 3.24. The normalized spacial score (nSPS) is 21.7. The number of nitrogens with zero attached hydrogens (tertiary/aromatic N) is 5. The number of aromatic nitrogens is 2. The SMILES string of the molecule is CCNC(=NCc1noc(C)n1)N1CCC(N2CC=CC2)C1.I. The monoisotopic (exact) mass is 432 g/mol. The second kappa shape index (κ2) is 8.62. The highest BCUT2D eigenvalue weighted by Crippen LogP contribution is 2.18. The first-order valence-corrected chi connectivity index (χ1v) is 7.97. The molecule has 128 valence electrons. The van der Waals surface area contributed by atoms with Gasteiger partial charge in [0.1, 0.15) is 6.54 Å². The number of nitrogens with one attached hydrogen (secondary N) is 1. The molecule has 2 aliphatic heterocycles. The molecule has 0 aromatic carbocycles. The molecule has 8 heteroatoms. The van der Waals surface area contributed by atoms with Crippen molar-refractivity contribution in [3.05, 3.63) is 23.9 Å². The molecule has 1 N–H and O–H groups in total. The zero-order valence-corrected chi connectivity index (χ0v) is 16.1. The Morgan fingerprint density at radius 1 is 1.43 bits per heavy atom. The molecule has 1 atom stereocenters. The molecule has 3 rings (SSSR count). The lowest BCUT2D eigenvalue weighted by atomic mass is 10.2. The van der Waals surface area contributed by atoms with Crippen molar-refractivity contribution in [1.82, 2.24) is 25.3 Å². The Balaban J connectivity index is 0.00000192. The summed E-state index contributed by atoms with van der Waals surface area (Å²) >= 11 is 0. The van der Waals surface area contributed by atoms with Gasteiger partial charge in [-0.05, 0) is 13.3 Å². The van der Waals surface area contributed by atoms with E-state index < -0.39 is 0 Å². The van der Waals surface area contributed by atoms with E-state index in [1.807, 2.05) is 0 Å². The Hall–Kier alpha value is -1.16. The largest absolute Gasteiger partial charge is 0.357 e. The molecule has 0 amide bonds. The van der Waals surface area contributed by atoms with Crippen LogP contribution in [0.5, 0.6) is 0 Å². The van der Waals surface area contributed by atoms with Gasteiger partial charge in [-0.2, -0.15) is 4.98 Å². The number of hydrogen-bond donors (Lipinski definition) is 1. The molecule has 0 radical (unpaired) electrons. The summed E-state index contributed by atoms with van der Waals surface area (Å²) in [6.07, 6.45) is 5.69. The minimum Gasteiger partial charge on any atom is -0.357 e. The summed E-state index contributed by atoms with van der Waals surface area (Å²) in [6.45, 7) is 9.41. The van der Waals surface area contributed by atoms with Crippen LogP contribution >= 0.6 is 24.0 Å². The first-order chi connectivity index (χ1) is 10.8. The van der Waals surface area contributed by atoms with Gasteiger partial charge in [0.25, 0.3) is 0 Å². The minimum absolute atomic E-state index is 0. The van der Waals surface area contributed by atoms with Gasteiger partial charge in [0.05, 0.1) is 0 Å². The lowest BCUT2D eigenvalue weighted by Gasteiger charge is -2.25. The number of rotatable bonds is 4. The summed E-state index contributed by atoms with van der Waals surface area (Å²) in [5, 5.41) is 7.26. The van der Waals surface area contributed by atoms with Gasteiger partial charge in [-0.15, -0.1) is 24.0 Å². The predicted octanol–water partition coefficient (Wildman–Crippen LogP) is 1.41. The summed E-state index contributed by atoms with van der Waals surface area (Å²) < 4.78 is 4.99. The van der Waals surface area contributed by atoms with Crippen LogP contribution in [-0.4, -0.2) is 64.7 Å². The molecule has 1 unspecified atom stereocenters.